The third-order valence-electron chi connectivity index (χ3n) is 2.85. The number of benzene rings is 2. The van der Waals surface area contributed by atoms with Crippen LogP contribution in [0.5, 0.6) is 0 Å². The van der Waals surface area contributed by atoms with Crippen LogP contribution in [0.3, 0.4) is 0 Å². The zero-order valence-electron chi connectivity index (χ0n) is 10.9. The van der Waals surface area contributed by atoms with Crippen LogP contribution in [0.4, 0.5) is 10.1 Å². The van der Waals surface area contributed by atoms with E-state index in [1.54, 1.807) is 24.3 Å². The number of hydrogen-bond acceptors (Lipinski definition) is 4. The Balaban J connectivity index is 1.67. The zero-order valence-corrected chi connectivity index (χ0v) is 11.6. The SMILES string of the molecule is Fc1ccc(-c2nnc(CNc3ccc(Cl)cc3)o2)cc1. The van der Waals surface area contributed by atoms with Gasteiger partial charge in [-0.2, -0.15) is 0 Å². The highest BCUT2D eigenvalue weighted by atomic mass is 35.5. The van der Waals surface area contributed by atoms with Crippen molar-refractivity contribution in [2.45, 2.75) is 6.54 Å². The van der Waals surface area contributed by atoms with Gasteiger partial charge in [0.05, 0.1) is 6.54 Å². The minimum Gasteiger partial charge on any atom is -0.419 e. The molecule has 0 saturated carbocycles. The summed E-state index contributed by atoms with van der Waals surface area (Å²) in [6.07, 6.45) is 0. The highest BCUT2D eigenvalue weighted by molar-refractivity contribution is 6.30. The van der Waals surface area contributed by atoms with E-state index < -0.39 is 0 Å². The lowest BCUT2D eigenvalue weighted by molar-refractivity contribution is 0.515. The Bertz CT molecular complexity index is 725. The quantitative estimate of drug-likeness (QED) is 0.787. The van der Waals surface area contributed by atoms with Crippen molar-refractivity contribution < 1.29 is 8.81 Å². The maximum absolute atomic E-state index is 12.9. The molecule has 0 amide bonds. The first-order valence-electron chi connectivity index (χ1n) is 6.28. The van der Waals surface area contributed by atoms with Crippen molar-refractivity contribution >= 4 is 17.3 Å². The van der Waals surface area contributed by atoms with Crippen LogP contribution in [-0.2, 0) is 6.54 Å². The van der Waals surface area contributed by atoms with Crippen molar-refractivity contribution in [3.63, 3.8) is 0 Å². The Morgan fingerprint density at radius 2 is 1.71 bits per heavy atom. The Morgan fingerprint density at radius 3 is 2.43 bits per heavy atom. The van der Waals surface area contributed by atoms with Gasteiger partial charge in [0.15, 0.2) is 0 Å². The smallest absolute Gasteiger partial charge is 0.247 e. The maximum atomic E-state index is 12.9. The van der Waals surface area contributed by atoms with Crippen molar-refractivity contribution in [2.24, 2.45) is 0 Å². The summed E-state index contributed by atoms with van der Waals surface area (Å²) >= 11 is 5.82. The van der Waals surface area contributed by atoms with E-state index in [9.17, 15) is 4.39 Å². The molecule has 1 aromatic heterocycles. The fourth-order valence-corrected chi connectivity index (χ4v) is 1.91. The van der Waals surface area contributed by atoms with Crippen molar-refractivity contribution in [2.75, 3.05) is 5.32 Å². The monoisotopic (exact) mass is 303 g/mol. The van der Waals surface area contributed by atoms with Crippen LogP contribution < -0.4 is 5.32 Å². The van der Waals surface area contributed by atoms with Crippen LogP contribution in [0.25, 0.3) is 11.5 Å². The lowest BCUT2D eigenvalue weighted by Gasteiger charge is -2.02. The molecule has 1 N–H and O–H groups in total. The summed E-state index contributed by atoms with van der Waals surface area (Å²) in [7, 11) is 0. The molecule has 0 saturated heterocycles. The normalized spacial score (nSPS) is 10.6. The molecule has 21 heavy (non-hydrogen) atoms. The summed E-state index contributed by atoms with van der Waals surface area (Å²) in [5, 5.41) is 11.7. The van der Waals surface area contributed by atoms with Gasteiger partial charge < -0.3 is 9.73 Å². The van der Waals surface area contributed by atoms with Gasteiger partial charge in [-0.3, -0.25) is 0 Å². The van der Waals surface area contributed by atoms with Gasteiger partial charge in [-0.15, -0.1) is 10.2 Å². The summed E-state index contributed by atoms with van der Waals surface area (Å²) in [6, 6.07) is 13.2. The van der Waals surface area contributed by atoms with E-state index in [0.717, 1.165) is 5.69 Å². The molecule has 4 nitrogen and oxygen atoms in total. The summed E-state index contributed by atoms with van der Waals surface area (Å²) in [5.74, 6) is 0.509. The molecule has 1 heterocycles. The Morgan fingerprint density at radius 1 is 1.00 bits per heavy atom. The van der Waals surface area contributed by atoms with E-state index in [2.05, 4.69) is 15.5 Å². The minimum atomic E-state index is -0.303. The second kappa shape index (κ2) is 5.93. The molecular weight excluding hydrogens is 293 g/mol. The molecule has 0 unspecified atom stereocenters. The number of nitrogens with one attached hydrogen (secondary N) is 1. The van der Waals surface area contributed by atoms with Crippen LogP contribution in [-0.4, -0.2) is 10.2 Å². The van der Waals surface area contributed by atoms with Crippen LogP contribution >= 0.6 is 11.6 Å². The molecule has 0 aliphatic heterocycles. The van der Waals surface area contributed by atoms with Crippen LogP contribution in [0, 0.1) is 5.82 Å². The Hall–Kier alpha value is -2.40. The minimum absolute atomic E-state index is 0.303. The third kappa shape index (κ3) is 3.38. The second-order valence-corrected chi connectivity index (χ2v) is 4.80. The van der Waals surface area contributed by atoms with Crippen molar-refractivity contribution in [1.82, 2.24) is 10.2 Å². The number of aromatic nitrogens is 2. The molecule has 3 aromatic rings. The molecule has 0 spiro atoms. The largest absolute Gasteiger partial charge is 0.419 e. The third-order valence-corrected chi connectivity index (χ3v) is 3.10. The van der Waals surface area contributed by atoms with E-state index in [4.69, 9.17) is 16.0 Å². The number of halogens is 2. The first-order chi connectivity index (χ1) is 10.2. The van der Waals surface area contributed by atoms with Gasteiger partial charge in [-0.05, 0) is 48.5 Å². The number of nitrogens with zero attached hydrogens (tertiary/aromatic N) is 2. The predicted octanol–water partition coefficient (Wildman–Crippen LogP) is 4.14. The standard InChI is InChI=1S/C15H11ClFN3O/c16-11-3-7-13(8-4-11)18-9-14-19-20-15(21-14)10-1-5-12(17)6-2-10/h1-8,18H,9H2. The van der Waals surface area contributed by atoms with Gasteiger partial charge in [0.1, 0.15) is 5.82 Å². The predicted molar refractivity (Wildman–Crippen MR) is 78.5 cm³/mol. The van der Waals surface area contributed by atoms with Crippen LogP contribution in [0.1, 0.15) is 5.89 Å². The number of hydrogen-bond donors (Lipinski definition) is 1. The number of rotatable bonds is 4. The highest BCUT2D eigenvalue weighted by Gasteiger charge is 2.08. The van der Waals surface area contributed by atoms with Gasteiger partial charge in [0, 0.05) is 16.3 Å². The fraction of sp³-hybridized carbons (Fsp3) is 0.0667. The number of anilines is 1. The molecule has 0 atom stereocenters. The summed E-state index contributed by atoms with van der Waals surface area (Å²) in [4.78, 5) is 0. The van der Waals surface area contributed by atoms with Gasteiger partial charge >= 0.3 is 0 Å². The highest BCUT2D eigenvalue weighted by Crippen LogP contribution is 2.19. The maximum Gasteiger partial charge on any atom is 0.247 e. The summed E-state index contributed by atoms with van der Waals surface area (Å²) in [6.45, 7) is 0.399. The molecule has 2 aromatic carbocycles. The van der Waals surface area contributed by atoms with Crippen molar-refractivity contribution in [3.05, 3.63) is 65.3 Å². The van der Waals surface area contributed by atoms with E-state index in [-0.39, 0.29) is 5.82 Å². The van der Waals surface area contributed by atoms with Crippen molar-refractivity contribution in [1.29, 1.82) is 0 Å². The van der Waals surface area contributed by atoms with Crippen LogP contribution in [0.2, 0.25) is 5.02 Å². The molecule has 0 radical (unpaired) electrons. The second-order valence-electron chi connectivity index (χ2n) is 4.37. The topological polar surface area (TPSA) is 51.0 Å². The molecule has 6 heteroatoms. The zero-order chi connectivity index (χ0) is 14.7. The molecule has 0 fully saturated rings. The molecule has 0 aliphatic rings. The first-order valence-corrected chi connectivity index (χ1v) is 6.66. The molecule has 3 rings (SSSR count). The van der Waals surface area contributed by atoms with Gasteiger partial charge in [0.25, 0.3) is 0 Å². The fourth-order valence-electron chi connectivity index (χ4n) is 1.78. The van der Waals surface area contributed by atoms with E-state index in [0.29, 0.717) is 28.9 Å². The molecule has 0 aliphatic carbocycles. The van der Waals surface area contributed by atoms with E-state index >= 15 is 0 Å². The summed E-state index contributed by atoms with van der Waals surface area (Å²) in [5.41, 5.74) is 1.59. The molecular formula is C15H11ClFN3O. The van der Waals surface area contributed by atoms with Crippen molar-refractivity contribution in [3.8, 4) is 11.5 Å². The Labute approximate surface area is 125 Å². The van der Waals surface area contributed by atoms with E-state index in [1.165, 1.54) is 12.1 Å². The molecule has 0 bridgehead atoms. The van der Waals surface area contributed by atoms with Gasteiger partial charge in [-0.25, -0.2) is 4.39 Å². The van der Waals surface area contributed by atoms with Gasteiger partial charge in [-0.1, -0.05) is 11.6 Å². The summed E-state index contributed by atoms with van der Waals surface area (Å²) < 4.78 is 18.4. The molecule has 106 valence electrons. The van der Waals surface area contributed by atoms with Crippen LogP contribution in [0.15, 0.2) is 52.9 Å². The Kier molecular flexibility index (Phi) is 3.83. The lowest BCUT2D eigenvalue weighted by atomic mass is 10.2. The van der Waals surface area contributed by atoms with Gasteiger partial charge in [0.2, 0.25) is 11.8 Å². The van der Waals surface area contributed by atoms with E-state index in [1.807, 2.05) is 12.1 Å². The average molecular weight is 304 g/mol. The average Bonchev–Trinajstić information content (AvgIpc) is 2.96. The lowest BCUT2D eigenvalue weighted by Crippen LogP contribution is -1.99. The first kappa shape index (κ1) is 13.6.